The van der Waals surface area contributed by atoms with Crippen molar-refractivity contribution in [3.63, 3.8) is 0 Å². The van der Waals surface area contributed by atoms with Gasteiger partial charge in [-0.3, -0.25) is 14.7 Å². The Kier molecular flexibility index (Phi) is 6.14. The minimum atomic E-state index is -0.292. The lowest BCUT2D eigenvalue weighted by Gasteiger charge is -2.30. The number of nitrogens with one attached hydrogen (secondary N) is 1. The summed E-state index contributed by atoms with van der Waals surface area (Å²) in [6.07, 6.45) is 7.61. The predicted molar refractivity (Wildman–Crippen MR) is 107 cm³/mol. The van der Waals surface area contributed by atoms with Crippen molar-refractivity contribution in [1.29, 1.82) is 0 Å². The van der Waals surface area contributed by atoms with Crippen LogP contribution in [0.3, 0.4) is 0 Å². The number of nitrogens with zero attached hydrogens (tertiary/aromatic N) is 4. The molecule has 7 nitrogen and oxygen atoms in total. The Morgan fingerprint density at radius 1 is 1.11 bits per heavy atom. The number of anilines is 1. The Bertz CT molecular complexity index is 773. The molecule has 28 heavy (non-hydrogen) atoms. The average molecular weight is 381 g/mol. The number of rotatable bonds is 6. The number of carbonyl (C=O) groups excluding carboxylic acids is 1. The van der Waals surface area contributed by atoms with E-state index in [1.54, 1.807) is 18.6 Å². The molecule has 2 fully saturated rings. The van der Waals surface area contributed by atoms with Gasteiger partial charge in [-0.2, -0.15) is 0 Å². The minimum Gasteiger partial charge on any atom is -0.378 e. The molecule has 7 heteroatoms. The topological polar surface area (TPSA) is 70.6 Å². The highest BCUT2D eigenvalue weighted by atomic mass is 16.5. The van der Waals surface area contributed by atoms with E-state index in [4.69, 9.17) is 4.74 Å². The molecule has 0 aromatic carbocycles. The summed E-state index contributed by atoms with van der Waals surface area (Å²) in [4.78, 5) is 26.4. The van der Waals surface area contributed by atoms with Gasteiger partial charge in [0.2, 0.25) is 5.91 Å². The Morgan fingerprint density at radius 3 is 2.64 bits per heavy atom. The van der Waals surface area contributed by atoms with Gasteiger partial charge in [0.05, 0.1) is 13.2 Å². The van der Waals surface area contributed by atoms with Crippen molar-refractivity contribution in [2.75, 3.05) is 44.3 Å². The quantitative estimate of drug-likeness (QED) is 0.822. The molecule has 2 saturated heterocycles. The van der Waals surface area contributed by atoms with Crippen molar-refractivity contribution in [2.45, 2.75) is 25.4 Å². The number of hydrogen-bond acceptors (Lipinski definition) is 6. The lowest BCUT2D eigenvalue weighted by molar-refractivity contribution is -0.126. The summed E-state index contributed by atoms with van der Waals surface area (Å²) in [6, 6.07) is 7.54. The van der Waals surface area contributed by atoms with Crippen LogP contribution in [0.4, 0.5) is 5.82 Å². The third-order valence-electron chi connectivity index (χ3n) is 5.39. The molecule has 148 valence electrons. The fourth-order valence-electron chi connectivity index (χ4n) is 3.97. The first kappa shape index (κ1) is 18.8. The van der Waals surface area contributed by atoms with Crippen LogP contribution in [0.25, 0.3) is 0 Å². The number of ether oxygens (including phenoxy) is 1. The predicted octanol–water partition coefficient (Wildman–Crippen LogP) is 1.77. The van der Waals surface area contributed by atoms with E-state index in [1.165, 1.54) is 0 Å². The van der Waals surface area contributed by atoms with Crippen molar-refractivity contribution in [3.05, 3.63) is 54.0 Å². The van der Waals surface area contributed by atoms with Gasteiger partial charge in [-0.15, -0.1) is 0 Å². The lowest BCUT2D eigenvalue weighted by atomic mass is 10.1. The van der Waals surface area contributed by atoms with Gasteiger partial charge in [-0.25, -0.2) is 4.98 Å². The van der Waals surface area contributed by atoms with Gasteiger partial charge >= 0.3 is 0 Å². The number of aromatic nitrogens is 2. The van der Waals surface area contributed by atoms with Crippen LogP contribution in [0, 0.1) is 0 Å². The van der Waals surface area contributed by atoms with Gasteiger partial charge in [-0.05, 0) is 43.6 Å². The van der Waals surface area contributed by atoms with E-state index in [1.807, 2.05) is 24.3 Å². The molecule has 0 bridgehead atoms. The molecule has 1 amide bonds. The van der Waals surface area contributed by atoms with E-state index in [0.717, 1.165) is 56.0 Å². The SMILES string of the molecule is O=C(NCc1cccnc1N1CCOCC1)C(c1cccnc1)N1CCCC1. The normalized spacial score (nSPS) is 18.8. The lowest BCUT2D eigenvalue weighted by Crippen LogP contribution is -2.40. The Balaban J connectivity index is 1.48. The molecule has 1 N–H and O–H groups in total. The van der Waals surface area contributed by atoms with Crippen molar-refractivity contribution in [1.82, 2.24) is 20.2 Å². The molecule has 4 heterocycles. The second kappa shape index (κ2) is 9.12. The number of amides is 1. The van der Waals surface area contributed by atoms with Gasteiger partial charge in [0, 0.05) is 43.8 Å². The zero-order valence-corrected chi connectivity index (χ0v) is 16.1. The molecule has 2 aliphatic heterocycles. The molecule has 2 aliphatic rings. The van der Waals surface area contributed by atoms with E-state index >= 15 is 0 Å². The molecule has 4 rings (SSSR count). The van der Waals surface area contributed by atoms with Crippen LogP contribution in [0.15, 0.2) is 42.9 Å². The largest absolute Gasteiger partial charge is 0.378 e. The highest BCUT2D eigenvalue weighted by Gasteiger charge is 2.30. The summed E-state index contributed by atoms with van der Waals surface area (Å²) in [5.41, 5.74) is 1.98. The number of likely N-dealkylation sites (tertiary alicyclic amines) is 1. The average Bonchev–Trinajstić information content (AvgIpc) is 3.28. The summed E-state index contributed by atoms with van der Waals surface area (Å²) in [6.45, 7) is 5.41. The van der Waals surface area contributed by atoms with Gasteiger partial charge in [-0.1, -0.05) is 12.1 Å². The Labute approximate surface area is 165 Å². The molecule has 1 unspecified atom stereocenters. The smallest absolute Gasteiger partial charge is 0.242 e. The van der Waals surface area contributed by atoms with E-state index in [9.17, 15) is 4.79 Å². The summed E-state index contributed by atoms with van der Waals surface area (Å²) in [7, 11) is 0. The van der Waals surface area contributed by atoms with E-state index in [-0.39, 0.29) is 11.9 Å². The van der Waals surface area contributed by atoms with Crippen LogP contribution in [-0.4, -0.2) is 60.2 Å². The Hall–Kier alpha value is -2.51. The molecule has 0 aliphatic carbocycles. The first-order valence-corrected chi connectivity index (χ1v) is 10.0. The maximum Gasteiger partial charge on any atom is 0.242 e. The van der Waals surface area contributed by atoms with Gasteiger partial charge < -0.3 is 15.0 Å². The molecule has 0 spiro atoms. The molecule has 1 atom stereocenters. The first-order chi connectivity index (χ1) is 13.8. The van der Waals surface area contributed by atoms with Crippen LogP contribution < -0.4 is 10.2 Å². The molecule has 0 saturated carbocycles. The van der Waals surface area contributed by atoms with Crippen molar-refractivity contribution in [3.8, 4) is 0 Å². The van der Waals surface area contributed by atoms with Crippen LogP contribution in [0.5, 0.6) is 0 Å². The summed E-state index contributed by atoms with van der Waals surface area (Å²) >= 11 is 0. The minimum absolute atomic E-state index is 0.0201. The first-order valence-electron chi connectivity index (χ1n) is 10.0. The van der Waals surface area contributed by atoms with Crippen LogP contribution in [0.2, 0.25) is 0 Å². The van der Waals surface area contributed by atoms with Gasteiger partial charge in [0.1, 0.15) is 11.9 Å². The highest BCUT2D eigenvalue weighted by molar-refractivity contribution is 5.83. The third kappa shape index (κ3) is 4.31. The van der Waals surface area contributed by atoms with Crippen LogP contribution >= 0.6 is 0 Å². The molecule has 2 aromatic rings. The number of pyridine rings is 2. The van der Waals surface area contributed by atoms with E-state index in [2.05, 4.69) is 25.1 Å². The maximum absolute atomic E-state index is 13.2. The number of hydrogen-bond donors (Lipinski definition) is 1. The third-order valence-corrected chi connectivity index (χ3v) is 5.39. The summed E-state index contributed by atoms with van der Waals surface area (Å²) in [5, 5.41) is 3.15. The zero-order valence-electron chi connectivity index (χ0n) is 16.1. The maximum atomic E-state index is 13.2. The fraction of sp³-hybridized carbons (Fsp3) is 0.476. The molecular formula is C21H27N5O2. The monoisotopic (exact) mass is 381 g/mol. The standard InChI is InChI=1S/C21H27N5O2/c27-21(19(25-9-1-2-10-25)17-5-3-7-22-15-17)24-16-18-6-4-8-23-20(18)26-11-13-28-14-12-26/h3-8,15,19H,1-2,9-14,16H2,(H,24,27). The summed E-state index contributed by atoms with van der Waals surface area (Å²) < 4.78 is 5.45. The molecule has 0 radical (unpaired) electrons. The Morgan fingerprint density at radius 2 is 1.89 bits per heavy atom. The van der Waals surface area contributed by atoms with Crippen molar-refractivity contribution in [2.24, 2.45) is 0 Å². The van der Waals surface area contributed by atoms with Gasteiger partial charge in [0.15, 0.2) is 0 Å². The van der Waals surface area contributed by atoms with E-state index in [0.29, 0.717) is 19.8 Å². The van der Waals surface area contributed by atoms with Gasteiger partial charge in [0.25, 0.3) is 0 Å². The molecular weight excluding hydrogens is 354 g/mol. The number of morpholine rings is 1. The van der Waals surface area contributed by atoms with Crippen LogP contribution in [-0.2, 0) is 16.1 Å². The second-order valence-electron chi connectivity index (χ2n) is 7.24. The second-order valence-corrected chi connectivity index (χ2v) is 7.24. The fourth-order valence-corrected chi connectivity index (χ4v) is 3.97. The molecule has 2 aromatic heterocycles. The van der Waals surface area contributed by atoms with E-state index < -0.39 is 0 Å². The number of carbonyl (C=O) groups is 1. The summed E-state index contributed by atoms with van der Waals surface area (Å²) in [5.74, 6) is 0.955. The highest BCUT2D eigenvalue weighted by Crippen LogP contribution is 2.25. The zero-order chi connectivity index (χ0) is 19.2. The van der Waals surface area contributed by atoms with Crippen molar-refractivity contribution >= 4 is 11.7 Å². The van der Waals surface area contributed by atoms with Crippen molar-refractivity contribution < 1.29 is 9.53 Å². The van der Waals surface area contributed by atoms with Crippen LogP contribution in [0.1, 0.15) is 30.0 Å².